The van der Waals surface area contributed by atoms with Gasteiger partial charge in [-0.05, 0) is 134 Å². The smallest absolute Gasteiger partial charge is 0.241 e. The molecule has 0 spiro atoms. The molecule has 0 aliphatic heterocycles. The molecule has 5 N–H and O–H groups in total. The predicted molar refractivity (Wildman–Crippen MR) is 369 cm³/mol. The number of nitrogens with one attached hydrogen (secondary N) is 3. The van der Waals surface area contributed by atoms with Crippen molar-refractivity contribution in [2.75, 3.05) is 69.1 Å². The van der Waals surface area contributed by atoms with E-state index in [2.05, 4.69) is 116 Å². The average molecular weight is 1320 g/mol. The third kappa shape index (κ3) is 18.0. The van der Waals surface area contributed by atoms with Crippen LogP contribution in [0, 0.1) is 18.8 Å². The summed E-state index contributed by atoms with van der Waals surface area (Å²) in [6, 6.07) is 8.98. The van der Waals surface area contributed by atoms with Crippen LogP contribution in [0.4, 0.5) is 17.8 Å². The highest BCUT2D eigenvalue weighted by Gasteiger charge is 2.30. The Morgan fingerprint density at radius 3 is 1.38 bits per heavy atom. The van der Waals surface area contributed by atoms with E-state index in [1.807, 2.05) is 58.5 Å². The van der Waals surface area contributed by atoms with Gasteiger partial charge in [-0.2, -0.15) is 10.2 Å². The van der Waals surface area contributed by atoms with Gasteiger partial charge < -0.3 is 40.4 Å². The van der Waals surface area contributed by atoms with E-state index < -0.39 is 21.4 Å². The van der Waals surface area contributed by atoms with E-state index >= 15 is 0 Å². The quantitative estimate of drug-likeness (QED) is 0.0376. The number of carbonyl (C=O) groups is 1. The number of Topliss-reactive ketones (excluding diaryl/α,β-unsaturated/α-hetero) is 1. The fraction of sp³-hybridized carbons (Fsp3) is 0.565. The largest absolute Gasteiger partial charge is 0.393 e. The summed E-state index contributed by atoms with van der Waals surface area (Å²) in [5.41, 5.74) is 13.7. The van der Waals surface area contributed by atoms with Gasteiger partial charge in [0.1, 0.15) is 12.3 Å². The van der Waals surface area contributed by atoms with E-state index in [1.54, 1.807) is 39.9 Å². The van der Waals surface area contributed by atoms with E-state index in [0.29, 0.717) is 55.4 Å². The number of carbonyl (C=O) groups excluding carboxylic acids is 1. The molecule has 512 valence electrons. The Labute approximate surface area is 557 Å². The van der Waals surface area contributed by atoms with E-state index in [-0.39, 0.29) is 42.8 Å². The van der Waals surface area contributed by atoms with Crippen molar-refractivity contribution in [1.82, 2.24) is 68.3 Å². The SMILES string of the molecule is COC[C@H](C)Nc1ncc2c(-c3cnccc3C)cc(C3CCC(C)CC3)n2n1.COC[C@H](C)Nc1ncc2c(-c3cnn(CC(=O)CS(C)(=O)=O)c3)cc(C3CCC(O)CC3)n2n1.COC[C@H](C)Nc1ncc2c(-c3cnn(CC(C)C)c3)cc(C3CCC(O)CC3)n2n1. The number of sulfone groups is 1. The van der Waals surface area contributed by atoms with E-state index in [4.69, 9.17) is 29.5 Å². The standard InChI is InChI=1S/C23H32N6O5S.C23H34N6O2.C23H31N5O/c1-15(13-34-2)26-23-24-10-22-20(8-21(29(22)27-23)16-4-6-18(30)7-5-16)17-9-25-28(11-17)12-19(31)14-35(3,32)33;1-15(2)12-28-13-18(10-25-28)20-9-21(17-5-7-19(30)8-6-17)29-22(20)11-24-23(27-29)26-16(3)14-31-4;1-15-5-7-18(8-6-15)21-11-19(20-12-24-10-9-16(20)2)22-13-25-23(27-28(21)22)26-17(3)14-29-4/h8-11,15-16,18,30H,4-7,12-14H2,1-3H3,(H,26,27);9-11,13,15-17,19,30H,5-8,12,14H2,1-4H3,(H,26,27);9-13,15,17-18H,5-8,14H2,1-4H3,(H,26,27)/t15-,16?,18?;16-,17?,19?;15?,17-,18?/m000/s1. The fourth-order valence-electron chi connectivity index (χ4n) is 13.5. The molecule has 3 saturated carbocycles. The molecule has 25 nitrogen and oxygen atoms in total. The van der Waals surface area contributed by atoms with Crippen LogP contribution in [0.15, 0.2) is 80.0 Å². The van der Waals surface area contributed by atoms with Crippen LogP contribution < -0.4 is 16.0 Å². The highest BCUT2D eigenvalue weighted by atomic mass is 32.2. The Morgan fingerprint density at radius 1 is 0.568 bits per heavy atom. The molecule has 9 aromatic heterocycles. The number of methoxy groups -OCH3 is 3. The van der Waals surface area contributed by atoms with E-state index in [1.165, 1.54) is 52.9 Å². The van der Waals surface area contributed by atoms with Crippen molar-refractivity contribution in [1.29, 1.82) is 0 Å². The summed E-state index contributed by atoms with van der Waals surface area (Å²) < 4.78 is 48.0. The van der Waals surface area contributed by atoms with Crippen molar-refractivity contribution < 1.29 is 37.6 Å². The van der Waals surface area contributed by atoms with Crippen molar-refractivity contribution in [3.05, 3.63) is 103 Å². The Bertz CT molecular complexity index is 4100. The van der Waals surface area contributed by atoms with Gasteiger partial charge in [-0.3, -0.25) is 19.1 Å². The molecule has 26 heteroatoms. The second-order valence-electron chi connectivity index (χ2n) is 27.1. The lowest BCUT2D eigenvalue weighted by atomic mass is 9.81. The Hall–Kier alpha value is -7.75. The number of aryl methyl sites for hydroxylation is 1. The maximum atomic E-state index is 12.1. The van der Waals surface area contributed by atoms with Gasteiger partial charge in [-0.25, -0.2) is 36.9 Å². The molecular weight excluding hydrogens is 1230 g/mol. The number of aliphatic hydroxyl groups is 2. The minimum Gasteiger partial charge on any atom is -0.393 e. The Balaban J connectivity index is 0.000000156. The number of ketones is 1. The molecule has 0 aromatic carbocycles. The molecular formula is C69H97N17O8S. The molecule has 3 aliphatic rings. The average Bonchev–Trinajstić information content (AvgIpc) is 1.64. The number of rotatable bonds is 24. The number of aliphatic hydroxyl groups excluding tert-OH is 2. The number of aromatic nitrogens is 14. The molecule has 9 aromatic rings. The van der Waals surface area contributed by atoms with Gasteiger partial charge in [0, 0.05) is 145 Å². The molecule has 3 fully saturated rings. The molecule has 0 bridgehead atoms. The first-order valence-electron chi connectivity index (χ1n) is 33.6. The predicted octanol–water partition coefficient (Wildman–Crippen LogP) is 10.2. The molecule has 0 unspecified atom stereocenters. The Kier molecular flexibility index (Phi) is 23.5. The maximum absolute atomic E-state index is 12.1. The summed E-state index contributed by atoms with van der Waals surface area (Å²) in [5, 5.41) is 53.2. The molecule has 3 aliphatic carbocycles. The number of nitrogens with zero attached hydrogens (tertiary/aromatic N) is 14. The zero-order chi connectivity index (χ0) is 67.5. The number of anilines is 3. The lowest BCUT2D eigenvalue weighted by Gasteiger charge is -2.25. The van der Waals surface area contributed by atoms with Crippen LogP contribution in [-0.2, 0) is 41.9 Å². The van der Waals surface area contributed by atoms with Gasteiger partial charge in [-0.1, -0.05) is 33.6 Å². The molecule has 9 heterocycles. The lowest BCUT2D eigenvalue weighted by molar-refractivity contribution is -0.117. The third-order valence-electron chi connectivity index (χ3n) is 18.2. The van der Waals surface area contributed by atoms with Crippen LogP contribution in [0.25, 0.3) is 49.9 Å². The van der Waals surface area contributed by atoms with Gasteiger partial charge in [0.15, 0.2) is 15.6 Å². The molecule has 3 atom stereocenters. The van der Waals surface area contributed by atoms with Crippen LogP contribution in [0.5, 0.6) is 0 Å². The van der Waals surface area contributed by atoms with Crippen molar-refractivity contribution in [2.45, 2.75) is 187 Å². The number of pyridine rings is 1. The summed E-state index contributed by atoms with van der Waals surface area (Å²) in [6.07, 6.45) is 29.2. The summed E-state index contributed by atoms with van der Waals surface area (Å²) in [5.74, 6) is 3.28. The van der Waals surface area contributed by atoms with Crippen molar-refractivity contribution in [3.8, 4) is 33.4 Å². The first-order valence-corrected chi connectivity index (χ1v) is 35.6. The third-order valence-corrected chi connectivity index (χ3v) is 19.1. The lowest BCUT2D eigenvalue weighted by Crippen LogP contribution is -2.23. The first-order chi connectivity index (χ1) is 45.6. The van der Waals surface area contributed by atoms with Gasteiger partial charge >= 0.3 is 0 Å². The number of hydrogen-bond acceptors (Lipinski definition) is 20. The van der Waals surface area contributed by atoms with Crippen LogP contribution in [0.3, 0.4) is 0 Å². The zero-order valence-corrected chi connectivity index (χ0v) is 57.8. The second-order valence-corrected chi connectivity index (χ2v) is 29.3. The minimum atomic E-state index is -3.39. The van der Waals surface area contributed by atoms with E-state index in [0.717, 1.165) is 120 Å². The summed E-state index contributed by atoms with van der Waals surface area (Å²) in [4.78, 5) is 30.1. The second kappa shape index (κ2) is 31.9. The molecule has 0 radical (unpaired) electrons. The van der Waals surface area contributed by atoms with Crippen LogP contribution >= 0.6 is 0 Å². The first kappa shape index (κ1) is 70.1. The van der Waals surface area contributed by atoms with Gasteiger partial charge in [-0.15, -0.1) is 15.3 Å². The zero-order valence-electron chi connectivity index (χ0n) is 57.0. The number of ether oxygens (including phenoxy) is 3. The van der Waals surface area contributed by atoms with Crippen LogP contribution in [-0.4, -0.2) is 176 Å². The summed E-state index contributed by atoms with van der Waals surface area (Å²) in [6.45, 7) is 17.5. The van der Waals surface area contributed by atoms with E-state index in [9.17, 15) is 23.4 Å². The molecule has 0 saturated heterocycles. The highest BCUT2D eigenvalue weighted by molar-refractivity contribution is 7.91. The van der Waals surface area contributed by atoms with Crippen LogP contribution in [0.2, 0.25) is 0 Å². The van der Waals surface area contributed by atoms with Gasteiger partial charge in [0.2, 0.25) is 17.8 Å². The van der Waals surface area contributed by atoms with Gasteiger partial charge in [0.25, 0.3) is 0 Å². The normalized spacial score (nSPS) is 20.2. The topological polar surface area (TPSA) is 295 Å². The molecule has 0 amide bonds. The summed E-state index contributed by atoms with van der Waals surface area (Å²) in [7, 11) is 1.65. The maximum Gasteiger partial charge on any atom is 0.241 e. The molecule has 12 rings (SSSR count). The molecule has 95 heavy (non-hydrogen) atoms. The highest BCUT2D eigenvalue weighted by Crippen LogP contribution is 2.42. The number of hydrogen-bond donors (Lipinski definition) is 5. The number of fused-ring (bicyclic) bond motifs is 3. The monoisotopic (exact) mass is 1320 g/mol. The van der Waals surface area contributed by atoms with Crippen molar-refractivity contribution >= 4 is 50.0 Å². The Morgan fingerprint density at radius 2 is 0.968 bits per heavy atom. The van der Waals surface area contributed by atoms with Gasteiger partial charge in [0.05, 0.1) is 79.6 Å². The summed E-state index contributed by atoms with van der Waals surface area (Å²) >= 11 is 0. The minimum absolute atomic E-state index is 0.0310. The van der Waals surface area contributed by atoms with Crippen molar-refractivity contribution in [3.63, 3.8) is 0 Å². The van der Waals surface area contributed by atoms with Crippen LogP contribution in [0.1, 0.15) is 159 Å². The van der Waals surface area contributed by atoms with Crippen molar-refractivity contribution in [2.24, 2.45) is 11.8 Å². The fourth-order valence-corrected chi connectivity index (χ4v) is 14.1.